The first-order valence-corrected chi connectivity index (χ1v) is 7.64. The fourth-order valence-electron chi connectivity index (χ4n) is 2.57. The molecule has 0 atom stereocenters. The van der Waals surface area contributed by atoms with Gasteiger partial charge in [-0.25, -0.2) is 9.97 Å². The lowest BCUT2D eigenvalue weighted by molar-refractivity contribution is 0.483. The summed E-state index contributed by atoms with van der Waals surface area (Å²) in [5.41, 5.74) is 1.20. The quantitative estimate of drug-likeness (QED) is 0.378. The molecule has 0 fully saturated rings. The first-order valence-electron chi connectivity index (χ1n) is 7.26. The number of hydrogen-bond donors (Lipinski definition) is 0. The van der Waals surface area contributed by atoms with E-state index in [0.717, 1.165) is 16.2 Å². The molecular formula is C19H10ClN3O. The van der Waals surface area contributed by atoms with Crippen LogP contribution in [0, 0.1) is 11.3 Å². The lowest BCUT2D eigenvalue weighted by atomic mass is 10.1. The average Bonchev–Trinajstić information content (AvgIpc) is 2.62. The van der Waals surface area contributed by atoms with Crippen molar-refractivity contribution in [3.63, 3.8) is 0 Å². The third-order valence-electron chi connectivity index (χ3n) is 3.71. The van der Waals surface area contributed by atoms with Gasteiger partial charge in [-0.3, -0.25) is 0 Å². The van der Waals surface area contributed by atoms with Crippen LogP contribution in [0.1, 0.15) is 5.56 Å². The van der Waals surface area contributed by atoms with E-state index in [2.05, 4.69) is 16.0 Å². The van der Waals surface area contributed by atoms with Gasteiger partial charge in [0.05, 0.1) is 11.6 Å². The molecule has 0 aliphatic heterocycles. The molecule has 0 amide bonds. The topological polar surface area (TPSA) is 58.8 Å². The smallest absolute Gasteiger partial charge is 0.161 e. The first kappa shape index (κ1) is 14.4. The standard InChI is InChI=1S/C19H10ClN3O/c20-18-15-8-7-14(24-13-5-3-12(11-21)4-6-13)10-17(15)16-2-1-9-22-19(16)23-18/h1-10H. The Balaban J connectivity index is 1.82. The maximum atomic E-state index is 8.85. The van der Waals surface area contributed by atoms with Crippen molar-refractivity contribution in [1.82, 2.24) is 9.97 Å². The third kappa shape index (κ3) is 2.51. The van der Waals surface area contributed by atoms with E-state index in [9.17, 15) is 0 Å². The highest BCUT2D eigenvalue weighted by Gasteiger charge is 2.09. The Morgan fingerprint density at radius 3 is 2.50 bits per heavy atom. The van der Waals surface area contributed by atoms with Gasteiger partial charge in [-0.2, -0.15) is 5.26 Å². The van der Waals surface area contributed by atoms with Crippen LogP contribution in [0.2, 0.25) is 5.15 Å². The summed E-state index contributed by atoms with van der Waals surface area (Å²) in [6.07, 6.45) is 1.69. The molecule has 2 heterocycles. The minimum atomic E-state index is 0.418. The van der Waals surface area contributed by atoms with Crippen LogP contribution in [0.15, 0.2) is 60.8 Å². The highest BCUT2D eigenvalue weighted by molar-refractivity contribution is 6.35. The Morgan fingerprint density at radius 1 is 0.917 bits per heavy atom. The van der Waals surface area contributed by atoms with Gasteiger partial charge in [0, 0.05) is 17.0 Å². The molecule has 24 heavy (non-hydrogen) atoms. The first-order chi connectivity index (χ1) is 11.7. The van der Waals surface area contributed by atoms with Crippen LogP contribution >= 0.6 is 11.6 Å². The Labute approximate surface area is 142 Å². The molecule has 0 saturated heterocycles. The van der Waals surface area contributed by atoms with E-state index < -0.39 is 0 Å². The van der Waals surface area contributed by atoms with Gasteiger partial charge in [-0.05, 0) is 60.0 Å². The summed E-state index contributed by atoms with van der Waals surface area (Å²) < 4.78 is 5.88. The minimum absolute atomic E-state index is 0.418. The zero-order chi connectivity index (χ0) is 16.5. The van der Waals surface area contributed by atoms with E-state index in [1.165, 1.54) is 0 Å². The van der Waals surface area contributed by atoms with Crippen LogP contribution in [-0.2, 0) is 0 Å². The number of benzene rings is 2. The second-order valence-corrected chi connectivity index (χ2v) is 5.58. The second-order valence-electron chi connectivity index (χ2n) is 5.22. The fraction of sp³-hybridized carbons (Fsp3) is 0. The molecule has 0 spiro atoms. The van der Waals surface area contributed by atoms with Gasteiger partial charge in [0.15, 0.2) is 5.65 Å². The normalized spacial score (nSPS) is 10.7. The van der Waals surface area contributed by atoms with Crippen molar-refractivity contribution < 1.29 is 4.74 Å². The van der Waals surface area contributed by atoms with Crippen LogP contribution < -0.4 is 4.74 Å². The molecule has 114 valence electrons. The number of fused-ring (bicyclic) bond motifs is 3. The van der Waals surface area contributed by atoms with Crippen molar-refractivity contribution >= 4 is 33.4 Å². The summed E-state index contributed by atoms with van der Waals surface area (Å²) in [5.74, 6) is 1.34. The second kappa shape index (κ2) is 5.80. The Bertz CT molecular complexity index is 1100. The van der Waals surface area contributed by atoms with Gasteiger partial charge >= 0.3 is 0 Å². The largest absolute Gasteiger partial charge is 0.457 e. The van der Waals surface area contributed by atoms with Crippen LogP contribution in [-0.4, -0.2) is 9.97 Å². The minimum Gasteiger partial charge on any atom is -0.457 e. The molecule has 0 saturated carbocycles. The number of ether oxygens (including phenoxy) is 1. The summed E-state index contributed by atoms with van der Waals surface area (Å²) in [5, 5.41) is 12.0. The maximum Gasteiger partial charge on any atom is 0.161 e. The number of aromatic nitrogens is 2. The summed E-state index contributed by atoms with van der Waals surface area (Å²) in [7, 11) is 0. The van der Waals surface area contributed by atoms with E-state index in [1.807, 2.05) is 30.3 Å². The Hall–Kier alpha value is -3.16. The molecule has 4 rings (SSSR count). The lowest BCUT2D eigenvalue weighted by Gasteiger charge is -2.09. The number of nitrogens with zero attached hydrogens (tertiary/aromatic N) is 3. The molecule has 4 aromatic rings. The van der Waals surface area contributed by atoms with Gasteiger partial charge in [0.25, 0.3) is 0 Å². The van der Waals surface area contributed by atoms with Crippen molar-refractivity contribution in [3.8, 4) is 17.6 Å². The maximum absolute atomic E-state index is 8.85. The van der Waals surface area contributed by atoms with Crippen LogP contribution in [0.25, 0.3) is 21.8 Å². The fourth-order valence-corrected chi connectivity index (χ4v) is 2.82. The van der Waals surface area contributed by atoms with Gasteiger partial charge in [0.1, 0.15) is 16.7 Å². The molecule has 0 radical (unpaired) electrons. The summed E-state index contributed by atoms with van der Waals surface area (Å²) in [4.78, 5) is 8.58. The molecule has 2 aromatic carbocycles. The lowest BCUT2D eigenvalue weighted by Crippen LogP contribution is -1.89. The number of nitriles is 1. The number of rotatable bonds is 2. The predicted octanol–water partition coefficient (Wildman–Crippen LogP) is 5.10. The molecule has 2 aromatic heterocycles. The zero-order valence-corrected chi connectivity index (χ0v) is 13.2. The van der Waals surface area contributed by atoms with E-state index >= 15 is 0 Å². The van der Waals surface area contributed by atoms with E-state index in [-0.39, 0.29) is 0 Å². The highest BCUT2D eigenvalue weighted by Crippen LogP contribution is 2.32. The molecule has 4 nitrogen and oxygen atoms in total. The van der Waals surface area contributed by atoms with Crippen molar-refractivity contribution in [3.05, 3.63) is 71.5 Å². The zero-order valence-electron chi connectivity index (χ0n) is 12.4. The summed E-state index contributed by atoms with van der Waals surface area (Å²) in [6, 6.07) is 18.5. The molecule has 0 unspecified atom stereocenters. The third-order valence-corrected chi connectivity index (χ3v) is 4.00. The van der Waals surface area contributed by atoms with Crippen molar-refractivity contribution in [2.24, 2.45) is 0 Å². The summed E-state index contributed by atoms with van der Waals surface area (Å²) in [6.45, 7) is 0. The number of pyridine rings is 2. The molecule has 0 aliphatic carbocycles. The van der Waals surface area contributed by atoms with Crippen molar-refractivity contribution in [1.29, 1.82) is 5.26 Å². The Kier molecular flexibility index (Phi) is 3.49. The van der Waals surface area contributed by atoms with Crippen LogP contribution in [0.5, 0.6) is 11.5 Å². The average molecular weight is 332 g/mol. The SMILES string of the molecule is N#Cc1ccc(Oc2ccc3c(Cl)nc4ncccc4c3c2)cc1. The van der Waals surface area contributed by atoms with Crippen LogP contribution in [0.4, 0.5) is 0 Å². The van der Waals surface area contributed by atoms with Gasteiger partial charge in [-0.15, -0.1) is 0 Å². The van der Waals surface area contributed by atoms with E-state index in [0.29, 0.717) is 27.9 Å². The van der Waals surface area contributed by atoms with Gasteiger partial charge in [-0.1, -0.05) is 11.6 Å². The van der Waals surface area contributed by atoms with Crippen molar-refractivity contribution in [2.45, 2.75) is 0 Å². The van der Waals surface area contributed by atoms with E-state index in [4.69, 9.17) is 21.6 Å². The Morgan fingerprint density at radius 2 is 1.71 bits per heavy atom. The van der Waals surface area contributed by atoms with Crippen LogP contribution in [0.3, 0.4) is 0 Å². The monoisotopic (exact) mass is 331 g/mol. The number of hydrogen-bond acceptors (Lipinski definition) is 4. The van der Waals surface area contributed by atoms with Gasteiger partial charge < -0.3 is 4.74 Å². The van der Waals surface area contributed by atoms with Crippen molar-refractivity contribution in [2.75, 3.05) is 0 Å². The summed E-state index contributed by atoms with van der Waals surface area (Å²) >= 11 is 6.26. The molecule has 5 heteroatoms. The predicted molar refractivity (Wildman–Crippen MR) is 93.3 cm³/mol. The van der Waals surface area contributed by atoms with E-state index in [1.54, 1.807) is 30.5 Å². The molecule has 0 aliphatic rings. The molecule has 0 N–H and O–H groups in total. The number of halogens is 1. The molecular weight excluding hydrogens is 322 g/mol. The highest BCUT2D eigenvalue weighted by atomic mass is 35.5. The molecule has 0 bridgehead atoms. The van der Waals surface area contributed by atoms with Gasteiger partial charge in [0.2, 0.25) is 0 Å².